The van der Waals surface area contributed by atoms with E-state index in [4.69, 9.17) is 14.7 Å². The fourth-order valence-corrected chi connectivity index (χ4v) is 3.86. The van der Waals surface area contributed by atoms with E-state index in [9.17, 15) is 0 Å². The Morgan fingerprint density at radius 3 is 2.96 bits per heavy atom. The highest BCUT2D eigenvalue weighted by Crippen LogP contribution is 2.27. The summed E-state index contributed by atoms with van der Waals surface area (Å²) in [7, 11) is 1.77. The van der Waals surface area contributed by atoms with Crippen LogP contribution in [0.2, 0.25) is 0 Å². The summed E-state index contributed by atoms with van der Waals surface area (Å²) in [6, 6.07) is 10.9. The minimum atomic E-state index is 0.400. The van der Waals surface area contributed by atoms with Crippen LogP contribution in [-0.4, -0.2) is 42.5 Å². The lowest BCUT2D eigenvalue weighted by Crippen LogP contribution is -2.33. The average molecular weight is 373 g/mol. The molecular formula is C20H28N4OS. The molecule has 1 fully saturated rings. The Morgan fingerprint density at radius 2 is 2.19 bits per heavy atom. The van der Waals surface area contributed by atoms with Crippen LogP contribution < -0.4 is 10.2 Å². The maximum Gasteiger partial charge on any atom is 0.229 e. The Labute approximate surface area is 160 Å². The lowest BCUT2D eigenvalue weighted by Gasteiger charge is -2.26. The zero-order valence-corrected chi connectivity index (χ0v) is 16.7. The van der Waals surface area contributed by atoms with Gasteiger partial charge in [0.15, 0.2) is 0 Å². The lowest BCUT2D eigenvalue weighted by molar-refractivity contribution is 0.180. The maximum absolute atomic E-state index is 5.40. The summed E-state index contributed by atoms with van der Waals surface area (Å²) in [5.41, 5.74) is 2.11. The summed E-state index contributed by atoms with van der Waals surface area (Å²) in [4.78, 5) is 13.1. The van der Waals surface area contributed by atoms with Gasteiger partial charge in [-0.05, 0) is 43.7 Å². The summed E-state index contributed by atoms with van der Waals surface area (Å²) in [5, 5.41) is 3.39. The average Bonchev–Trinajstić information content (AvgIpc) is 3.11. The van der Waals surface area contributed by atoms with Gasteiger partial charge in [0.05, 0.1) is 12.6 Å². The van der Waals surface area contributed by atoms with Crippen molar-refractivity contribution in [2.45, 2.75) is 43.5 Å². The Morgan fingerprint density at radius 1 is 1.31 bits per heavy atom. The summed E-state index contributed by atoms with van der Waals surface area (Å²) < 4.78 is 5.40. The predicted molar refractivity (Wildman–Crippen MR) is 110 cm³/mol. The van der Waals surface area contributed by atoms with Crippen LogP contribution in [-0.2, 0) is 11.2 Å². The normalized spacial score (nSPS) is 16.9. The smallest absolute Gasteiger partial charge is 0.229 e. The summed E-state index contributed by atoms with van der Waals surface area (Å²) >= 11 is 1.73. The Balaban J connectivity index is 1.88. The number of hydrogen-bond acceptors (Lipinski definition) is 6. The number of methoxy groups -OCH3 is 1. The van der Waals surface area contributed by atoms with E-state index in [1.165, 1.54) is 11.3 Å². The van der Waals surface area contributed by atoms with Crippen LogP contribution in [0.25, 0.3) is 0 Å². The van der Waals surface area contributed by atoms with Gasteiger partial charge in [-0.2, -0.15) is 4.98 Å². The fraction of sp³-hybridized carbons (Fsp3) is 0.500. The van der Waals surface area contributed by atoms with Gasteiger partial charge in [0.2, 0.25) is 5.95 Å². The molecule has 0 unspecified atom stereocenters. The molecule has 2 aromatic rings. The second-order valence-electron chi connectivity index (χ2n) is 6.59. The highest BCUT2D eigenvalue weighted by molar-refractivity contribution is 7.98. The molecular weight excluding hydrogens is 344 g/mol. The fourth-order valence-electron chi connectivity index (χ4n) is 3.40. The standard InChI is InChI=1S/C20H28N4OS/c1-4-7-15-13-19(24-11-6-9-17(24)14-25-2)23-20(21-15)22-16-8-5-10-18(12-16)26-3/h5,8,10,12-13,17H,4,6-7,9,11,14H2,1-3H3,(H,21,22,23)/t17-/m0/s1. The molecule has 1 saturated heterocycles. The topological polar surface area (TPSA) is 50.3 Å². The summed E-state index contributed by atoms with van der Waals surface area (Å²) in [6.45, 7) is 3.95. The van der Waals surface area contributed by atoms with Gasteiger partial charge in [-0.3, -0.25) is 0 Å². The van der Waals surface area contributed by atoms with Gasteiger partial charge in [-0.15, -0.1) is 11.8 Å². The van der Waals surface area contributed by atoms with Gasteiger partial charge in [-0.25, -0.2) is 4.98 Å². The number of hydrogen-bond donors (Lipinski definition) is 1. The van der Waals surface area contributed by atoms with Crippen molar-refractivity contribution in [3.63, 3.8) is 0 Å². The molecule has 26 heavy (non-hydrogen) atoms. The van der Waals surface area contributed by atoms with Crippen molar-refractivity contribution in [3.8, 4) is 0 Å². The molecule has 2 heterocycles. The van der Waals surface area contributed by atoms with Crippen molar-refractivity contribution in [3.05, 3.63) is 36.0 Å². The van der Waals surface area contributed by atoms with E-state index in [2.05, 4.69) is 53.7 Å². The quantitative estimate of drug-likeness (QED) is 0.688. The molecule has 0 bridgehead atoms. The number of thioether (sulfide) groups is 1. The van der Waals surface area contributed by atoms with Crippen molar-refractivity contribution in [1.82, 2.24) is 9.97 Å². The summed E-state index contributed by atoms with van der Waals surface area (Å²) in [6.07, 6.45) is 6.44. The van der Waals surface area contributed by atoms with E-state index in [1.807, 2.05) is 0 Å². The van der Waals surface area contributed by atoms with Crippen molar-refractivity contribution >= 4 is 29.2 Å². The highest BCUT2D eigenvalue weighted by Gasteiger charge is 2.26. The van der Waals surface area contributed by atoms with E-state index in [0.29, 0.717) is 12.0 Å². The van der Waals surface area contributed by atoms with Crippen LogP contribution in [0.15, 0.2) is 35.2 Å². The molecule has 1 aromatic carbocycles. The highest BCUT2D eigenvalue weighted by atomic mass is 32.2. The molecule has 0 aliphatic carbocycles. The molecule has 0 spiro atoms. The minimum Gasteiger partial charge on any atom is -0.383 e. The molecule has 0 radical (unpaired) electrons. The first-order valence-corrected chi connectivity index (χ1v) is 10.5. The van der Waals surface area contributed by atoms with E-state index in [0.717, 1.165) is 49.6 Å². The van der Waals surface area contributed by atoms with Crippen LogP contribution in [0.3, 0.4) is 0 Å². The van der Waals surface area contributed by atoms with Crippen molar-refractivity contribution < 1.29 is 4.74 Å². The van der Waals surface area contributed by atoms with Crippen LogP contribution in [0.4, 0.5) is 17.5 Å². The molecule has 0 amide bonds. The van der Waals surface area contributed by atoms with Crippen LogP contribution >= 0.6 is 11.8 Å². The zero-order valence-electron chi connectivity index (χ0n) is 15.9. The molecule has 140 valence electrons. The van der Waals surface area contributed by atoms with Gasteiger partial charge in [-0.1, -0.05) is 19.4 Å². The van der Waals surface area contributed by atoms with E-state index >= 15 is 0 Å². The second kappa shape index (κ2) is 9.24. The number of benzene rings is 1. The first-order valence-electron chi connectivity index (χ1n) is 9.28. The monoisotopic (exact) mass is 372 g/mol. The Bertz CT molecular complexity index is 725. The molecule has 3 rings (SSSR count). The predicted octanol–water partition coefficient (Wildman–Crippen LogP) is 4.51. The number of rotatable bonds is 8. The largest absolute Gasteiger partial charge is 0.383 e. The number of aryl methyl sites for hydroxylation is 1. The Hall–Kier alpha value is -1.79. The number of ether oxygens (including phenoxy) is 1. The molecule has 1 aliphatic rings. The zero-order chi connectivity index (χ0) is 18.4. The molecule has 1 atom stereocenters. The van der Waals surface area contributed by atoms with E-state index in [1.54, 1.807) is 18.9 Å². The van der Waals surface area contributed by atoms with Gasteiger partial charge in [0.1, 0.15) is 5.82 Å². The SMILES string of the molecule is CCCc1cc(N2CCC[C@H]2COC)nc(Nc2cccc(SC)c2)n1. The molecule has 1 N–H and O–H groups in total. The lowest BCUT2D eigenvalue weighted by atomic mass is 10.2. The number of nitrogens with one attached hydrogen (secondary N) is 1. The maximum atomic E-state index is 5.40. The van der Waals surface area contributed by atoms with Gasteiger partial charge >= 0.3 is 0 Å². The first-order chi connectivity index (χ1) is 12.7. The number of anilines is 3. The molecule has 1 aromatic heterocycles. The minimum absolute atomic E-state index is 0.400. The van der Waals surface area contributed by atoms with Gasteiger partial charge < -0.3 is 15.0 Å². The molecule has 5 nitrogen and oxygen atoms in total. The summed E-state index contributed by atoms with van der Waals surface area (Å²) in [5.74, 6) is 1.68. The Kier molecular flexibility index (Phi) is 6.74. The van der Waals surface area contributed by atoms with E-state index < -0.39 is 0 Å². The van der Waals surface area contributed by atoms with Gasteiger partial charge in [0.25, 0.3) is 0 Å². The first kappa shape index (κ1) is 19.0. The molecule has 1 aliphatic heterocycles. The van der Waals surface area contributed by atoms with Crippen molar-refractivity contribution in [1.29, 1.82) is 0 Å². The van der Waals surface area contributed by atoms with Crippen LogP contribution in [0.5, 0.6) is 0 Å². The third-order valence-corrected chi connectivity index (χ3v) is 5.35. The molecule has 0 saturated carbocycles. The van der Waals surface area contributed by atoms with Gasteiger partial charge in [0, 0.05) is 36.0 Å². The van der Waals surface area contributed by atoms with Crippen LogP contribution in [0.1, 0.15) is 31.9 Å². The van der Waals surface area contributed by atoms with Crippen molar-refractivity contribution in [2.24, 2.45) is 0 Å². The number of aromatic nitrogens is 2. The third-order valence-electron chi connectivity index (χ3n) is 4.63. The second-order valence-corrected chi connectivity index (χ2v) is 7.47. The molecule has 6 heteroatoms. The number of nitrogens with zero attached hydrogens (tertiary/aromatic N) is 3. The van der Waals surface area contributed by atoms with E-state index in [-0.39, 0.29) is 0 Å². The van der Waals surface area contributed by atoms with Crippen LogP contribution in [0, 0.1) is 0 Å². The van der Waals surface area contributed by atoms with Crippen molar-refractivity contribution in [2.75, 3.05) is 36.7 Å². The third kappa shape index (κ3) is 4.68.